The molecule has 0 saturated carbocycles. The molecule has 6 rings (SSSR count). The number of benzene rings is 2. The Morgan fingerprint density at radius 3 is 2.51 bits per heavy atom. The zero-order valence-electron chi connectivity index (χ0n) is 20.1. The van der Waals surface area contributed by atoms with Crippen molar-refractivity contribution in [3.05, 3.63) is 86.9 Å². The van der Waals surface area contributed by atoms with Crippen molar-refractivity contribution in [2.45, 2.75) is 0 Å². The molecule has 186 valence electrons. The van der Waals surface area contributed by atoms with Crippen LogP contribution >= 0.6 is 22.9 Å². The van der Waals surface area contributed by atoms with Crippen LogP contribution in [0.1, 0.15) is 0 Å². The number of likely N-dealkylation sites (N-methyl/N-ethyl adjacent to an activating group) is 1. The minimum atomic E-state index is -0.329. The van der Waals surface area contributed by atoms with Gasteiger partial charge in [0.05, 0.1) is 16.1 Å². The van der Waals surface area contributed by atoms with Crippen LogP contribution in [0.15, 0.2) is 76.3 Å². The van der Waals surface area contributed by atoms with Gasteiger partial charge in [-0.1, -0.05) is 23.7 Å². The molecule has 37 heavy (non-hydrogen) atoms. The molecule has 1 saturated heterocycles. The fourth-order valence-corrected chi connectivity index (χ4v) is 5.27. The van der Waals surface area contributed by atoms with Gasteiger partial charge in [0.15, 0.2) is 0 Å². The van der Waals surface area contributed by atoms with Crippen LogP contribution in [0, 0.1) is 0 Å². The highest BCUT2D eigenvalue weighted by Crippen LogP contribution is 2.28. The lowest BCUT2D eigenvalue weighted by Crippen LogP contribution is -2.44. The van der Waals surface area contributed by atoms with Crippen LogP contribution < -0.4 is 15.8 Å². The van der Waals surface area contributed by atoms with Crippen LogP contribution in [0.4, 0.5) is 17.3 Å². The maximum Gasteiger partial charge on any atom is 0.282 e. The molecule has 1 fully saturated rings. The van der Waals surface area contributed by atoms with Gasteiger partial charge < -0.3 is 15.1 Å². The second kappa shape index (κ2) is 9.93. The molecule has 0 bridgehead atoms. The van der Waals surface area contributed by atoms with E-state index in [2.05, 4.69) is 39.3 Å². The molecule has 10 heteroatoms. The maximum atomic E-state index is 13.4. The van der Waals surface area contributed by atoms with E-state index < -0.39 is 0 Å². The summed E-state index contributed by atoms with van der Waals surface area (Å²) in [5, 5.41) is 12.7. The summed E-state index contributed by atoms with van der Waals surface area (Å²) in [7, 11) is 2.15. The van der Waals surface area contributed by atoms with Gasteiger partial charge in [-0.05, 0) is 54.9 Å². The predicted molar refractivity (Wildman–Crippen MR) is 151 cm³/mol. The van der Waals surface area contributed by atoms with Gasteiger partial charge in [0.25, 0.3) is 5.56 Å². The Morgan fingerprint density at radius 2 is 1.78 bits per heavy atom. The van der Waals surface area contributed by atoms with Gasteiger partial charge in [-0.15, -0.1) is 0 Å². The summed E-state index contributed by atoms with van der Waals surface area (Å²) < 4.78 is 1.32. The Hall–Kier alpha value is -3.79. The van der Waals surface area contributed by atoms with E-state index in [4.69, 9.17) is 21.7 Å². The lowest BCUT2D eigenvalue weighted by Gasteiger charge is -2.34. The number of rotatable bonds is 5. The molecular formula is C27H24ClN7OS. The smallest absolute Gasteiger partial charge is 0.282 e. The summed E-state index contributed by atoms with van der Waals surface area (Å²) >= 11 is 7.95. The number of nitrogens with zero attached hydrogens (tertiary/aromatic N) is 6. The third-order valence-corrected chi connectivity index (χ3v) is 7.51. The van der Waals surface area contributed by atoms with E-state index in [1.165, 1.54) is 10.4 Å². The normalized spacial score (nSPS) is 14.3. The molecule has 1 aliphatic heterocycles. The molecule has 0 radical (unpaired) electrons. The van der Waals surface area contributed by atoms with Gasteiger partial charge in [0.2, 0.25) is 5.95 Å². The van der Waals surface area contributed by atoms with Crippen molar-refractivity contribution in [1.29, 1.82) is 0 Å². The zero-order chi connectivity index (χ0) is 25.4. The highest BCUT2D eigenvalue weighted by Gasteiger charge is 2.18. The molecular weight excluding hydrogens is 506 g/mol. The molecule has 8 nitrogen and oxygen atoms in total. The van der Waals surface area contributed by atoms with Crippen molar-refractivity contribution < 1.29 is 0 Å². The fraction of sp³-hybridized carbons (Fsp3) is 0.185. The highest BCUT2D eigenvalue weighted by molar-refractivity contribution is 7.08. The van der Waals surface area contributed by atoms with Gasteiger partial charge in [-0.3, -0.25) is 4.79 Å². The topological polar surface area (TPSA) is 79.2 Å². The van der Waals surface area contributed by atoms with Crippen LogP contribution in [-0.2, 0) is 0 Å². The van der Waals surface area contributed by atoms with E-state index in [1.807, 2.05) is 41.1 Å². The monoisotopic (exact) mass is 529 g/mol. The van der Waals surface area contributed by atoms with Crippen molar-refractivity contribution in [3.63, 3.8) is 0 Å². The molecule has 5 aromatic rings. The first-order valence-corrected chi connectivity index (χ1v) is 13.3. The quantitative estimate of drug-likeness (QED) is 0.341. The Labute approximate surface area is 222 Å². The molecule has 1 aliphatic rings. The summed E-state index contributed by atoms with van der Waals surface area (Å²) in [5.41, 5.74) is 4.19. The van der Waals surface area contributed by atoms with Gasteiger partial charge >= 0.3 is 0 Å². The third kappa shape index (κ3) is 4.69. The first-order valence-electron chi connectivity index (χ1n) is 11.9. The zero-order valence-corrected chi connectivity index (χ0v) is 21.7. The highest BCUT2D eigenvalue weighted by atomic mass is 35.5. The number of hydrogen-bond donors (Lipinski definition) is 1. The number of nitrogens with one attached hydrogen (secondary N) is 1. The van der Waals surface area contributed by atoms with Crippen molar-refractivity contribution in [1.82, 2.24) is 24.6 Å². The fourth-order valence-electron chi connectivity index (χ4n) is 4.42. The SMILES string of the molecule is CN1CCN(c2ccc(Nc3ncc4c(=O)n(-c5ccccc5Cl)nc(-c5ccsc5)c4n3)cc2)CC1. The van der Waals surface area contributed by atoms with Crippen LogP contribution in [0.3, 0.4) is 0 Å². The predicted octanol–water partition coefficient (Wildman–Crippen LogP) is 5.05. The second-order valence-corrected chi connectivity index (χ2v) is 10.1. The Bertz CT molecular complexity index is 1610. The Balaban J connectivity index is 1.37. The number of aromatic nitrogens is 4. The van der Waals surface area contributed by atoms with Crippen molar-refractivity contribution in [2.75, 3.05) is 43.4 Å². The largest absolute Gasteiger partial charge is 0.369 e. The standard InChI is InChI=1S/C27H24ClN7OS/c1-33-11-13-34(14-12-33)20-8-6-19(7-9-20)30-27-29-16-21-25(31-27)24(18-10-15-37-17-18)32-35(26(21)36)23-5-3-2-4-22(23)28/h2-10,15-17H,11-14H2,1H3,(H,29,30,31). The lowest BCUT2D eigenvalue weighted by atomic mass is 10.2. The maximum absolute atomic E-state index is 13.4. The van der Waals surface area contributed by atoms with E-state index in [9.17, 15) is 4.79 Å². The van der Waals surface area contributed by atoms with E-state index >= 15 is 0 Å². The molecule has 4 heterocycles. The van der Waals surface area contributed by atoms with Crippen LogP contribution in [-0.4, -0.2) is 57.9 Å². The number of para-hydroxylation sites is 1. The first-order chi connectivity index (χ1) is 18.1. The molecule has 2 aromatic carbocycles. The van der Waals surface area contributed by atoms with Crippen LogP contribution in [0.25, 0.3) is 27.8 Å². The van der Waals surface area contributed by atoms with Gasteiger partial charge in [0, 0.05) is 54.7 Å². The summed E-state index contributed by atoms with van der Waals surface area (Å²) in [5.74, 6) is 0.396. The molecule has 3 aromatic heterocycles. The summed E-state index contributed by atoms with van der Waals surface area (Å²) in [6.45, 7) is 4.15. The Kier molecular flexibility index (Phi) is 6.33. The van der Waals surface area contributed by atoms with Gasteiger partial charge in [-0.25, -0.2) is 9.97 Å². The number of fused-ring (bicyclic) bond motifs is 1. The van der Waals surface area contributed by atoms with Crippen molar-refractivity contribution >= 4 is 51.2 Å². The summed E-state index contributed by atoms with van der Waals surface area (Å²) in [6.07, 6.45) is 1.55. The summed E-state index contributed by atoms with van der Waals surface area (Å²) in [6, 6.07) is 17.4. The first kappa shape index (κ1) is 23.6. The van der Waals surface area contributed by atoms with Gasteiger partial charge in [-0.2, -0.15) is 21.1 Å². The molecule has 0 amide bonds. The molecule has 0 unspecified atom stereocenters. The average molecular weight is 530 g/mol. The van der Waals surface area contributed by atoms with Gasteiger partial charge in [0.1, 0.15) is 11.2 Å². The van der Waals surface area contributed by atoms with E-state index in [0.717, 1.165) is 37.4 Å². The number of hydrogen-bond acceptors (Lipinski definition) is 8. The second-order valence-electron chi connectivity index (χ2n) is 8.95. The molecule has 1 N–H and O–H groups in total. The molecule has 0 atom stereocenters. The van der Waals surface area contributed by atoms with Crippen LogP contribution in [0.5, 0.6) is 0 Å². The number of thiophene rings is 1. The number of piperazine rings is 1. The lowest BCUT2D eigenvalue weighted by molar-refractivity contribution is 0.313. The van der Waals surface area contributed by atoms with Crippen molar-refractivity contribution in [2.24, 2.45) is 0 Å². The Morgan fingerprint density at radius 1 is 1.00 bits per heavy atom. The minimum absolute atomic E-state index is 0.329. The number of anilines is 3. The average Bonchev–Trinajstić information content (AvgIpc) is 3.45. The summed E-state index contributed by atoms with van der Waals surface area (Å²) in [4.78, 5) is 27.3. The van der Waals surface area contributed by atoms with E-state index in [-0.39, 0.29) is 5.56 Å². The third-order valence-electron chi connectivity index (χ3n) is 6.50. The minimum Gasteiger partial charge on any atom is -0.369 e. The van der Waals surface area contributed by atoms with Crippen molar-refractivity contribution in [3.8, 4) is 16.9 Å². The molecule has 0 aliphatic carbocycles. The van der Waals surface area contributed by atoms with Crippen LogP contribution in [0.2, 0.25) is 5.02 Å². The van der Waals surface area contributed by atoms with E-state index in [1.54, 1.807) is 29.7 Å². The molecule has 0 spiro atoms. The van der Waals surface area contributed by atoms with E-state index in [0.29, 0.717) is 33.3 Å². The number of halogens is 1.